The normalized spacial score (nSPS) is 16.6. The van der Waals surface area contributed by atoms with Gasteiger partial charge in [0.2, 0.25) is 0 Å². The standard InChI is InChI=1S/C15H31NO5Si/c1-9-20-14(18)12(16)11(13(17)19-6)10(2)21-22(7,8)15(3,4)5/h10-12H,9,16H2,1-8H3/t10-,11+,12-/m1/s1. The van der Waals surface area contributed by atoms with Gasteiger partial charge in [-0.3, -0.25) is 9.59 Å². The Balaban J connectivity index is 5.28. The Morgan fingerprint density at radius 1 is 1.18 bits per heavy atom. The molecule has 0 bridgehead atoms. The molecule has 0 aromatic rings. The van der Waals surface area contributed by atoms with Crippen molar-refractivity contribution < 1.29 is 23.5 Å². The van der Waals surface area contributed by atoms with Crippen molar-refractivity contribution in [2.75, 3.05) is 13.7 Å². The molecule has 0 saturated carbocycles. The highest BCUT2D eigenvalue weighted by Crippen LogP contribution is 2.38. The van der Waals surface area contributed by atoms with Gasteiger partial charge in [0.05, 0.1) is 19.8 Å². The summed E-state index contributed by atoms with van der Waals surface area (Å²) in [7, 11) is -0.834. The molecule has 0 spiro atoms. The number of esters is 2. The maximum atomic E-state index is 12.1. The minimum Gasteiger partial charge on any atom is -0.469 e. The molecule has 0 aromatic heterocycles. The fourth-order valence-electron chi connectivity index (χ4n) is 1.87. The maximum absolute atomic E-state index is 12.1. The Morgan fingerprint density at radius 3 is 2.05 bits per heavy atom. The lowest BCUT2D eigenvalue weighted by Gasteiger charge is -2.40. The van der Waals surface area contributed by atoms with Crippen molar-refractivity contribution in [1.82, 2.24) is 0 Å². The highest BCUT2D eigenvalue weighted by atomic mass is 28.4. The lowest BCUT2D eigenvalue weighted by molar-refractivity contribution is -0.158. The van der Waals surface area contributed by atoms with Gasteiger partial charge in [-0.1, -0.05) is 20.8 Å². The minimum atomic E-state index is -2.10. The summed E-state index contributed by atoms with van der Waals surface area (Å²) < 4.78 is 15.9. The van der Waals surface area contributed by atoms with Crippen LogP contribution in [0.25, 0.3) is 0 Å². The fraction of sp³-hybridized carbons (Fsp3) is 0.867. The summed E-state index contributed by atoms with van der Waals surface area (Å²) >= 11 is 0. The lowest BCUT2D eigenvalue weighted by Crippen LogP contribution is -2.53. The fourth-order valence-corrected chi connectivity index (χ4v) is 3.30. The molecule has 0 saturated heterocycles. The van der Waals surface area contributed by atoms with Crippen molar-refractivity contribution in [1.29, 1.82) is 0 Å². The van der Waals surface area contributed by atoms with Crippen molar-refractivity contribution in [3.05, 3.63) is 0 Å². The van der Waals surface area contributed by atoms with Crippen LogP contribution >= 0.6 is 0 Å². The van der Waals surface area contributed by atoms with E-state index in [0.717, 1.165) is 0 Å². The quantitative estimate of drug-likeness (QED) is 0.567. The number of nitrogens with two attached hydrogens (primary N) is 1. The van der Waals surface area contributed by atoms with Crippen LogP contribution < -0.4 is 5.73 Å². The van der Waals surface area contributed by atoms with Gasteiger partial charge in [-0.2, -0.15) is 0 Å². The van der Waals surface area contributed by atoms with E-state index in [4.69, 9.17) is 19.6 Å². The number of rotatable bonds is 7. The molecule has 2 N–H and O–H groups in total. The second-order valence-electron chi connectivity index (χ2n) is 6.91. The van der Waals surface area contributed by atoms with Gasteiger partial charge in [-0.05, 0) is 32.0 Å². The lowest BCUT2D eigenvalue weighted by atomic mass is 9.95. The SMILES string of the molecule is CCOC(=O)[C@H](N)[C@@H](C(=O)OC)[C@@H](C)O[Si](C)(C)C(C)(C)C. The largest absolute Gasteiger partial charge is 0.469 e. The molecular formula is C15H31NO5Si. The van der Waals surface area contributed by atoms with Crippen molar-refractivity contribution >= 4 is 20.3 Å². The monoisotopic (exact) mass is 333 g/mol. The topological polar surface area (TPSA) is 87.9 Å². The molecule has 0 radical (unpaired) electrons. The molecule has 0 fully saturated rings. The molecule has 0 rings (SSSR count). The van der Waals surface area contributed by atoms with E-state index in [9.17, 15) is 9.59 Å². The maximum Gasteiger partial charge on any atom is 0.323 e. The highest BCUT2D eigenvalue weighted by Gasteiger charge is 2.44. The molecule has 22 heavy (non-hydrogen) atoms. The molecule has 130 valence electrons. The van der Waals surface area contributed by atoms with Gasteiger partial charge in [-0.25, -0.2) is 0 Å². The third-order valence-electron chi connectivity index (χ3n) is 4.21. The molecule has 0 aromatic carbocycles. The number of carbonyl (C=O) groups is 2. The Labute approximate surface area is 134 Å². The summed E-state index contributed by atoms with van der Waals surface area (Å²) in [6, 6.07) is -1.10. The van der Waals surface area contributed by atoms with Crippen LogP contribution in [0.3, 0.4) is 0 Å². The zero-order valence-corrected chi connectivity index (χ0v) is 16.1. The van der Waals surface area contributed by atoms with Gasteiger partial charge in [0.1, 0.15) is 12.0 Å². The number of methoxy groups -OCH3 is 1. The number of ether oxygens (including phenoxy) is 2. The van der Waals surface area contributed by atoms with E-state index in [1.807, 2.05) is 0 Å². The first-order valence-corrected chi connectivity index (χ1v) is 10.5. The number of carbonyl (C=O) groups excluding carboxylic acids is 2. The van der Waals surface area contributed by atoms with Crippen LogP contribution in [0.4, 0.5) is 0 Å². The van der Waals surface area contributed by atoms with Gasteiger partial charge >= 0.3 is 11.9 Å². The van der Waals surface area contributed by atoms with E-state index in [1.54, 1.807) is 13.8 Å². The van der Waals surface area contributed by atoms with Gasteiger partial charge in [0, 0.05) is 0 Å². The zero-order chi connectivity index (χ0) is 17.7. The molecule has 0 aliphatic rings. The summed E-state index contributed by atoms with van der Waals surface area (Å²) in [5, 5.41) is -0.0179. The number of hydrogen-bond acceptors (Lipinski definition) is 6. The van der Waals surface area contributed by atoms with E-state index in [-0.39, 0.29) is 11.6 Å². The van der Waals surface area contributed by atoms with Crippen LogP contribution in [0.15, 0.2) is 0 Å². The van der Waals surface area contributed by atoms with Crippen molar-refractivity contribution in [3.8, 4) is 0 Å². The Morgan fingerprint density at radius 2 is 1.68 bits per heavy atom. The van der Waals surface area contributed by atoms with Gasteiger partial charge in [0.25, 0.3) is 0 Å². The van der Waals surface area contributed by atoms with Crippen LogP contribution in [0.2, 0.25) is 18.1 Å². The zero-order valence-electron chi connectivity index (χ0n) is 15.1. The van der Waals surface area contributed by atoms with Crippen LogP contribution in [0.5, 0.6) is 0 Å². The third-order valence-corrected chi connectivity index (χ3v) is 8.78. The molecule has 6 nitrogen and oxygen atoms in total. The summed E-state index contributed by atoms with van der Waals surface area (Å²) in [6.45, 7) is 14.1. The summed E-state index contributed by atoms with van der Waals surface area (Å²) in [6.07, 6.45) is -0.534. The van der Waals surface area contributed by atoms with E-state index < -0.39 is 38.3 Å². The molecule has 0 amide bonds. The van der Waals surface area contributed by atoms with Crippen LogP contribution in [-0.4, -0.2) is 46.1 Å². The van der Waals surface area contributed by atoms with E-state index >= 15 is 0 Å². The molecule has 0 aliphatic heterocycles. The van der Waals surface area contributed by atoms with Crippen LogP contribution in [0.1, 0.15) is 34.6 Å². The molecule has 0 heterocycles. The Hall–Kier alpha value is -0.923. The van der Waals surface area contributed by atoms with E-state index in [2.05, 4.69) is 33.9 Å². The Bertz CT molecular complexity index is 392. The van der Waals surface area contributed by atoms with Crippen molar-refractivity contribution in [3.63, 3.8) is 0 Å². The van der Waals surface area contributed by atoms with E-state index in [1.165, 1.54) is 7.11 Å². The predicted octanol–water partition coefficient (Wildman–Crippen LogP) is 2.08. The molecule has 0 aliphatic carbocycles. The Kier molecular flexibility index (Phi) is 7.74. The van der Waals surface area contributed by atoms with Crippen molar-refractivity contribution in [2.24, 2.45) is 11.7 Å². The smallest absolute Gasteiger partial charge is 0.323 e. The van der Waals surface area contributed by atoms with Crippen LogP contribution in [0, 0.1) is 5.92 Å². The number of hydrogen-bond donors (Lipinski definition) is 1. The molecule has 3 atom stereocenters. The summed E-state index contributed by atoms with van der Waals surface area (Å²) in [5.74, 6) is -2.08. The highest BCUT2D eigenvalue weighted by molar-refractivity contribution is 6.74. The van der Waals surface area contributed by atoms with E-state index in [0.29, 0.717) is 0 Å². The first-order valence-electron chi connectivity index (χ1n) is 7.57. The average Bonchev–Trinajstić information content (AvgIpc) is 2.36. The third kappa shape index (κ3) is 5.37. The molecule has 7 heteroatoms. The predicted molar refractivity (Wildman–Crippen MR) is 87.9 cm³/mol. The average molecular weight is 334 g/mol. The second kappa shape index (κ2) is 8.08. The minimum absolute atomic E-state index is 0.0179. The molecular weight excluding hydrogens is 302 g/mol. The summed E-state index contributed by atoms with van der Waals surface area (Å²) in [5.41, 5.74) is 5.91. The van der Waals surface area contributed by atoms with Gasteiger partial charge in [-0.15, -0.1) is 0 Å². The van der Waals surface area contributed by atoms with Crippen molar-refractivity contribution in [2.45, 2.75) is 64.9 Å². The summed E-state index contributed by atoms with van der Waals surface area (Å²) in [4.78, 5) is 23.9. The van der Waals surface area contributed by atoms with Gasteiger partial charge < -0.3 is 19.6 Å². The first-order chi connectivity index (χ1) is 9.89. The van der Waals surface area contributed by atoms with Crippen LogP contribution in [-0.2, 0) is 23.5 Å². The first kappa shape index (κ1) is 21.1. The second-order valence-corrected chi connectivity index (χ2v) is 11.7. The molecule has 0 unspecified atom stereocenters. The van der Waals surface area contributed by atoms with Gasteiger partial charge in [0.15, 0.2) is 8.32 Å².